The number of carbonyl (C=O) groups excluding carboxylic acids is 1. The van der Waals surface area contributed by atoms with Gasteiger partial charge in [-0.15, -0.1) is 0 Å². The molecule has 0 aliphatic rings. The zero-order chi connectivity index (χ0) is 13.8. The fourth-order valence-corrected chi connectivity index (χ4v) is 2.28. The summed E-state index contributed by atoms with van der Waals surface area (Å²) >= 11 is 1.93. The lowest BCUT2D eigenvalue weighted by atomic mass is 10.2. The zero-order valence-corrected chi connectivity index (χ0v) is 12.1. The minimum Gasteiger partial charge on any atom is -0.396 e. The molecule has 1 heterocycles. The molecule has 0 aliphatic heterocycles. The highest BCUT2D eigenvalue weighted by Crippen LogP contribution is 2.13. The Morgan fingerprint density at radius 1 is 1.53 bits per heavy atom. The number of nitrogens with zero attached hydrogens (tertiary/aromatic N) is 2. The van der Waals surface area contributed by atoms with E-state index in [0.717, 1.165) is 0 Å². The zero-order valence-electron chi connectivity index (χ0n) is 9.94. The van der Waals surface area contributed by atoms with Crippen LogP contribution < -0.4 is 11.1 Å². The lowest BCUT2D eigenvalue weighted by molar-refractivity contribution is 0.0951. The number of aromatic nitrogens is 2. The maximum Gasteiger partial charge on any atom is 0.252 e. The quantitative estimate of drug-likeness (QED) is 0.800. The van der Waals surface area contributed by atoms with Gasteiger partial charge in [-0.25, -0.2) is 4.39 Å². The number of hydrogen-bond donors (Lipinski definition) is 2. The van der Waals surface area contributed by atoms with E-state index in [9.17, 15) is 9.18 Å². The van der Waals surface area contributed by atoms with Crippen molar-refractivity contribution in [2.75, 3.05) is 12.3 Å². The molecule has 0 unspecified atom stereocenters. The molecule has 7 heteroatoms. The van der Waals surface area contributed by atoms with Gasteiger partial charge < -0.3 is 11.1 Å². The van der Waals surface area contributed by atoms with Gasteiger partial charge in [-0.05, 0) is 40.8 Å². The van der Waals surface area contributed by atoms with Gasteiger partial charge in [0.2, 0.25) is 0 Å². The lowest BCUT2D eigenvalue weighted by Gasteiger charge is -2.07. The summed E-state index contributed by atoms with van der Waals surface area (Å²) in [4.78, 5) is 11.9. The lowest BCUT2D eigenvalue weighted by Crippen LogP contribution is -2.28. The number of rotatable bonds is 4. The van der Waals surface area contributed by atoms with Crippen LogP contribution in [0.5, 0.6) is 0 Å². The number of nitrogens with one attached hydrogen (secondary N) is 1. The molecule has 100 valence electrons. The van der Waals surface area contributed by atoms with Crippen molar-refractivity contribution < 1.29 is 9.18 Å². The van der Waals surface area contributed by atoms with Gasteiger partial charge in [-0.3, -0.25) is 9.48 Å². The van der Waals surface area contributed by atoms with Crippen LogP contribution in [0.25, 0.3) is 0 Å². The van der Waals surface area contributed by atoms with E-state index in [4.69, 9.17) is 5.73 Å². The Balaban J connectivity index is 1.90. The Labute approximate surface area is 123 Å². The van der Waals surface area contributed by atoms with E-state index >= 15 is 0 Å². The molecule has 1 aromatic carbocycles. The highest BCUT2D eigenvalue weighted by atomic mass is 127. The molecule has 3 N–H and O–H groups in total. The third-order valence-corrected chi connectivity index (χ3v) is 3.35. The van der Waals surface area contributed by atoms with E-state index in [1.54, 1.807) is 17.1 Å². The third-order valence-electron chi connectivity index (χ3n) is 2.46. The number of benzene rings is 1. The summed E-state index contributed by atoms with van der Waals surface area (Å²) in [5.41, 5.74) is 6.57. The minimum atomic E-state index is -0.354. The fourth-order valence-electron chi connectivity index (χ4n) is 1.55. The van der Waals surface area contributed by atoms with Gasteiger partial charge in [0, 0.05) is 16.3 Å². The van der Waals surface area contributed by atoms with Crippen LogP contribution in [0.3, 0.4) is 0 Å². The van der Waals surface area contributed by atoms with Crippen LogP contribution in [0.1, 0.15) is 10.4 Å². The molecule has 0 fully saturated rings. The van der Waals surface area contributed by atoms with Gasteiger partial charge in [0.15, 0.2) is 0 Å². The summed E-state index contributed by atoms with van der Waals surface area (Å²) in [7, 11) is 0. The molecule has 19 heavy (non-hydrogen) atoms. The summed E-state index contributed by atoms with van der Waals surface area (Å²) in [6.07, 6.45) is 3.23. The Morgan fingerprint density at radius 2 is 2.32 bits per heavy atom. The van der Waals surface area contributed by atoms with Crippen molar-refractivity contribution in [3.63, 3.8) is 0 Å². The standard InChI is InChI=1S/C12H12FIN4O/c13-8-1-2-10(11(14)5-8)12(19)16-3-4-18-7-9(15)6-17-18/h1-2,5-7H,3-4,15H2,(H,16,19). The maximum absolute atomic E-state index is 12.9. The number of hydrogen-bond acceptors (Lipinski definition) is 3. The Kier molecular flexibility index (Phi) is 4.35. The molecular formula is C12H12FIN4O. The number of halogens is 2. The van der Waals surface area contributed by atoms with E-state index in [1.165, 1.54) is 18.2 Å². The first-order valence-electron chi connectivity index (χ1n) is 5.57. The van der Waals surface area contributed by atoms with E-state index < -0.39 is 0 Å². The summed E-state index contributed by atoms with van der Waals surface area (Å²) in [6, 6.07) is 4.06. The third kappa shape index (κ3) is 3.66. The molecule has 2 rings (SSSR count). The van der Waals surface area contributed by atoms with Gasteiger partial charge in [0.25, 0.3) is 5.91 Å². The molecule has 0 spiro atoms. The van der Waals surface area contributed by atoms with E-state index in [2.05, 4.69) is 10.4 Å². The van der Waals surface area contributed by atoms with Crippen molar-refractivity contribution in [2.45, 2.75) is 6.54 Å². The minimum absolute atomic E-state index is 0.232. The first kappa shape index (κ1) is 13.8. The van der Waals surface area contributed by atoms with Crippen LogP contribution in [-0.4, -0.2) is 22.2 Å². The number of nitrogen functional groups attached to an aromatic ring is 1. The molecule has 0 bridgehead atoms. The maximum atomic E-state index is 12.9. The molecule has 0 saturated carbocycles. The first-order chi connectivity index (χ1) is 9.06. The number of amides is 1. The number of nitrogens with two attached hydrogens (primary N) is 1. The van der Waals surface area contributed by atoms with Crippen LogP contribution in [0, 0.1) is 9.39 Å². The molecule has 0 aliphatic carbocycles. The Bertz CT molecular complexity index is 599. The van der Waals surface area contributed by atoms with Crippen LogP contribution in [0.2, 0.25) is 0 Å². The molecule has 0 radical (unpaired) electrons. The second-order valence-corrected chi connectivity index (χ2v) is 5.08. The van der Waals surface area contributed by atoms with Crippen molar-refractivity contribution in [1.82, 2.24) is 15.1 Å². The molecule has 5 nitrogen and oxygen atoms in total. The van der Waals surface area contributed by atoms with Crippen molar-refractivity contribution >= 4 is 34.2 Å². The number of anilines is 1. The van der Waals surface area contributed by atoms with Gasteiger partial charge >= 0.3 is 0 Å². The average molecular weight is 374 g/mol. The molecular weight excluding hydrogens is 362 g/mol. The van der Waals surface area contributed by atoms with Crippen molar-refractivity contribution in [3.8, 4) is 0 Å². The Hall–Kier alpha value is -1.64. The second kappa shape index (κ2) is 6.00. The van der Waals surface area contributed by atoms with Crippen molar-refractivity contribution in [3.05, 3.63) is 45.5 Å². The summed E-state index contributed by atoms with van der Waals surface area (Å²) in [5.74, 6) is -0.586. The van der Waals surface area contributed by atoms with Crippen molar-refractivity contribution in [2.24, 2.45) is 0 Å². The number of carbonyl (C=O) groups is 1. The largest absolute Gasteiger partial charge is 0.396 e. The van der Waals surface area contributed by atoms with E-state index in [0.29, 0.717) is 27.9 Å². The summed E-state index contributed by atoms with van der Waals surface area (Å²) in [5, 5.41) is 6.75. The van der Waals surface area contributed by atoms with Gasteiger partial charge in [-0.1, -0.05) is 0 Å². The van der Waals surface area contributed by atoms with Crippen LogP contribution >= 0.6 is 22.6 Å². The monoisotopic (exact) mass is 374 g/mol. The predicted molar refractivity (Wildman–Crippen MR) is 78.1 cm³/mol. The molecule has 0 saturated heterocycles. The SMILES string of the molecule is Nc1cnn(CCNC(=O)c2ccc(F)cc2I)c1. The van der Waals surface area contributed by atoms with E-state index in [1.807, 2.05) is 22.6 Å². The van der Waals surface area contributed by atoms with E-state index in [-0.39, 0.29) is 11.7 Å². The average Bonchev–Trinajstić information content (AvgIpc) is 2.75. The summed E-state index contributed by atoms with van der Waals surface area (Å²) < 4.78 is 15.2. The normalized spacial score (nSPS) is 10.4. The van der Waals surface area contributed by atoms with Crippen molar-refractivity contribution in [1.29, 1.82) is 0 Å². The highest BCUT2D eigenvalue weighted by molar-refractivity contribution is 14.1. The smallest absolute Gasteiger partial charge is 0.252 e. The Morgan fingerprint density at radius 3 is 2.95 bits per heavy atom. The van der Waals surface area contributed by atoms with Crippen LogP contribution in [0.15, 0.2) is 30.6 Å². The van der Waals surface area contributed by atoms with Gasteiger partial charge in [0.1, 0.15) is 5.82 Å². The molecule has 1 amide bonds. The highest BCUT2D eigenvalue weighted by Gasteiger charge is 2.10. The fraction of sp³-hybridized carbons (Fsp3) is 0.167. The second-order valence-electron chi connectivity index (χ2n) is 3.92. The van der Waals surface area contributed by atoms with Gasteiger partial charge in [-0.2, -0.15) is 5.10 Å². The van der Waals surface area contributed by atoms with Gasteiger partial charge in [0.05, 0.1) is 24.0 Å². The molecule has 0 atom stereocenters. The predicted octanol–water partition coefficient (Wildman–Crippen LogP) is 1.64. The molecule has 2 aromatic rings. The summed E-state index contributed by atoms with van der Waals surface area (Å²) in [6.45, 7) is 0.953. The first-order valence-corrected chi connectivity index (χ1v) is 6.65. The topological polar surface area (TPSA) is 72.9 Å². The molecule has 1 aromatic heterocycles. The van der Waals surface area contributed by atoms with Crippen LogP contribution in [0.4, 0.5) is 10.1 Å². The van der Waals surface area contributed by atoms with Crippen LogP contribution in [-0.2, 0) is 6.54 Å².